The lowest BCUT2D eigenvalue weighted by atomic mass is 9.96. The standard InChI is InChI=1S/C17H19BrFNO3/c1-4-6-17(23-10(3)21)16-11(5-7-22-17)13-14(18)9(2)8-12(19)15(13)20-16/h8,20H,4-7H2,1-3H3. The molecule has 0 spiro atoms. The van der Waals surface area contributed by atoms with Crippen LogP contribution in [0.2, 0.25) is 0 Å². The quantitative estimate of drug-likeness (QED) is 0.795. The van der Waals surface area contributed by atoms with E-state index in [1.54, 1.807) is 0 Å². The van der Waals surface area contributed by atoms with Gasteiger partial charge in [0, 0.05) is 23.2 Å². The molecule has 1 atom stereocenters. The van der Waals surface area contributed by atoms with Gasteiger partial charge >= 0.3 is 5.97 Å². The monoisotopic (exact) mass is 383 g/mol. The summed E-state index contributed by atoms with van der Waals surface area (Å²) in [6.07, 6.45) is 1.93. The van der Waals surface area contributed by atoms with Crippen LogP contribution < -0.4 is 0 Å². The van der Waals surface area contributed by atoms with Gasteiger partial charge in [-0.1, -0.05) is 6.92 Å². The van der Waals surface area contributed by atoms with E-state index in [0.29, 0.717) is 30.7 Å². The Kier molecular flexibility index (Phi) is 4.23. The van der Waals surface area contributed by atoms with E-state index in [0.717, 1.165) is 27.4 Å². The smallest absolute Gasteiger partial charge is 0.305 e. The molecule has 0 radical (unpaired) electrons. The number of aryl methyl sites for hydroxylation is 1. The van der Waals surface area contributed by atoms with Gasteiger partial charge in [0.15, 0.2) is 0 Å². The van der Waals surface area contributed by atoms with Crippen LogP contribution in [-0.4, -0.2) is 17.6 Å². The number of H-pyrrole nitrogens is 1. The first-order valence-electron chi connectivity index (χ1n) is 7.72. The number of hydrogen-bond acceptors (Lipinski definition) is 3. The minimum atomic E-state index is -1.16. The minimum absolute atomic E-state index is 0.316. The number of carbonyl (C=O) groups is 1. The molecule has 2 heterocycles. The summed E-state index contributed by atoms with van der Waals surface area (Å²) in [5, 5.41) is 0.813. The van der Waals surface area contributed by atoms with Crippen molar-refractivity contribution in [1.29, 1.82) is 0 Å². The van der Waals surface area contributed by atoms with Crippen LogP contribution in [0.3, 0.4) is 0 Å². The van der Waals surface area contributed by atoms with Crippen molar-refractivity contribution in [1.82, 2.24) is 4.98 Å². The van der Waals surface area contributed by atoms with Crippen LogP contribution >= 0.6 is 15.9 Å². The molecule has 1 aliphatic heterocycles. The van der Waals surface area contributed by atoms with Crippen LogP contribution in [0.15, 0.2) is 10.5 Å². The maximum atomic E-state index is 14.4. The number of rotatable bonds is 3. The van der Waals surface area contributed by atoms with E-state index in [1.165, 1.54) is 13.0 Å². The number of aromatic nitrogens is 1. The van der Waals surface area contributed by atoms with Crippen LogP contribution in [0.4, 0.5) is 4.39 Å². The fourth-order valence-corrected chi connectivity index (χ4v) is 3.89. The Balaban J connectivity index is 2.30. The maximum absolute atomic E-state index is 14.4. The van der Waals surface area contributed by atoms with E-state index in [-0.39, 0.29) is 5.82 Å². The van der Waals surface area contributed by atoms with Gasteiger partial charge in [0.2, 0.25) is 0 Å². The lowest BCUT2D eigenvalue weighted by Gasteiger charge is -2.36. The molecule has 2 aromatic rings. The molecule has 0 fully saturated rings. The Labute approximate surface area is 142 Å². The predicted molar refractivity (Wildman–Crippen MR) is 88.7 cm³/mol. The number of aromatic amines is 1. The van der Waals surface area contributed by atoms with Crippen molar-refractivity contribution >= 4 is 32.8 Å². The largest absolute Gasteiger partial charge is 0.427 e. The third-order valence-electron chi connectivity index (χ3n) is 4.21. The number of halogens is 2. The molecule has 1 unspecified atom stereocenters. The fourth-order valence-electron chi connectivity index (χ4n) is 3.34. The van der Waals surface area contributed by atoms with Gasteiger partial charge in [-0.2, -0.15) is 0 Å². The summed E-state index contributed by atoms with van der Waals surface area (Å²) in [5.74, 6) is -1.89. The lowest BCUT2D eigenvalue weighted by molar-refractivity contribution is -0.247. The average Bonchev–Trinajstić information content (AvgIpc) is 2.86. The highest BCUT2D eigenvalue weighted by molar-refractivity contribution is 9.10. The van der Waals surface area contributed by atoms with E-state index in [1.807, 2.05) is 13.8 Å². The number of ether oxygens (including phenoxy) is 2. The molecular formula is C17H19BrFNO3. The van der Waals surface area contributed by atoms with Crippen LogP contribution in [0.5, 0.6) is 0 Å². The minimum Gasteiger partial charge on any atom is -0.427 e. The molecule has 0 saturated carbocycles. The van der Waals surface area contributed by atoms with Crippen molar-refractivity contribution in [2.24, 2.45) is 0 Å². The van der Waals surface area contributed by atoms with Gasteiger partial charge in [-0.3, -0.25) is 4.79 Å². The van der Waals surface area contributed by atoms with Gasteiger partial charge in [-0.05, 0) is 52.9 Å². The molecule has 0 amide bonds. The zero-order chi connectivity index (χ0) is 16.8. The number of nitrogens with one attached hydrogen (secondary N) is 1. The van der Waals surface area contributed by atoms with Gasteiger partial charge in [0.1, 0.15) is 5.82 Å². The van der Waals surface area contributed by atoms with Crippen LogP contribution in [0.1, 0.15) is 43.5 Å². The summed E-state index contributed by atoms with van der Waals surface area (Å²) in [6, 6.07) is 1.49. The van der Waals surface area contributed by atoms with E-state index in [2.05, 4.69) is 20.9 Å². The van der Waals surface area contributed by atoms with Gasteiger partial charge < -0.3 is 14.5 Å². The maximum Gasteiger partial charge on any atom is 0.305 e. The number of hydrogen-bond donors (Lipinski definition) is 1. The summed E-state index contributed by atoms with van der Waals surface area (Å²) in [4.78, 5) is 14.7. The second kappa shape index (κ2) is 5.91. The molecule has 1 aromatic heterocycles. The molecule has 6 heteroatoms. The number of fused-ring (bicyclic) bond motifs is 3. The first-order valence-corrected chi connectivity index (χ1v) is 8.52. The van der Waals surface area contributed by atoms with Crippen molar-refractivity contribution in [3.63, 3.8) is 0 Å². The van der Waals surface area contributed by atoms with Crippen LogP contribution in [0.25, 0.3) is 10.9 Å². The Morgan fingerprint density at radius 2 is 2.30 bits per heavy atom. The first-order chi connectivity index (χ1) is 10.9. The number of carbonyl (C=O) groups excluding carboxylic acids is 1. The highest BCUT2D eigenvalue weighted by Crippen LogP contribution is 2.44. The third-order valence-corrected chi connectivity index (χ3v) is 5.23. The molecule has 23 heavy (non-hydrogen) atoms. The highest BCUT2D eigenvalue weighted by Gasteiger charge is 2.43. The van der Waals surface area contributed by atoms with Gasteiger partial charge in [-0.25, -0.2) is 4.39 Å². The summed E-state index contributed by atoms with van der Waals surface area (Å²) in [6.45, 7) is 5.64. The second-order valence-corrected chi connectivity index (χ2v) is 6.71. The molecule has 1 aromatic carbocycles. The SMILES string of the molecule is CCCC1(OC(C)=O)OCCc2c1[nH]c1c(F)cc(C)c(Br)c21. The summed E-state index contributed by atoms with van der Waals surface area (Å²) >= 11 is 3.57. The normalized spacial score (nSPS) is 20.6. The molecule has 0 bridgehead atoms. The van der Waals surface area contributed by atoms with E-state index in [9.17, 15) is 9.18 Å². The lowest BCUT2D eigenvalue weighted by Crippen LogP contribution is -2.39. The van der Waals surface area contributed by atoms with Gasteiger partial charge in [0.05, 0.1) is 17.8 Å². The molecular weight excluding hydrogens is 365 g/mol. The molecule has 3 rings (SSSR count). The van der Waals surface area contributed by atoms with Crippen molar-refractivity contribution in [3.05, 3.63) is 33.2 Å². The third kappa shape index (κ3) is 2.58. The van der Waals surface area contributed by atoms with Crippen molar-refractivity contribution in [2.75, 3.05) is 6.61 Å². The fraction of sp³-hybridized carbons (Fsp3) is 0.471. The average molecular weight is 384 g/mol. The van der Waals surface area contributed by atoms with Gasteiger partial charge in [0.25, 0.3) is 5.79 Å². The Morgan fingerprint density at radius 3 is 2.96 bits per heavy atom. The molecule has 1 N–H and O–H groups in total. The van der Waals surface area contributed by atoms with Crippen molar-refractivity contribution < 1.29 is 18.7 Å². The summed E-state index contributed by atoms with van der Waals surface area (Å²) in [7, 11) is 0. The molecule has 1 aliphatic rings. The van der Waals surface area contributed by atoms with E-state index >= 15 is 0 Å². The molecule has 124 valence electrons. The molecule has 0 aliphatic carbocycles. The zero-order valence-electron chi connectivity index (χ0n) is 13.4. The first kappa shape index (κ1) is 16.5. The molecule has 4 nitrogen and oxygen atoms in total. The topological polar surface area (TPSA) is 51.3 Å². The summed E-state index contributed by atoms with van der Waals surface area (Å²) in [5.41, 5.74) is 2.86. The number of benzene rings is 1. The second-order valence-electron chi connectivity index (χ2n) is 5.91. The van der Waals surface area contributed by atoms with Crippen molar-refractivity contribution in [3.8, 4) is 0 Å². The van der Waals surface area contributed by atoms with E-state index in [4.69, 9.17) is 9.47 Å². The Hall–Kier alpha value is -1.40. The van der Waals surface area contributed by atoms with E-state index < -0.39 is 11.8 Å². The highest BCUT2D eigenvalue weighted by atomic mass is 79.9. The molecule has 0 saturated heterocycles. The van der Waals surface area contributed by atoms with Crippen LogP contribution in [0, 0.1) is 12.7 Å². The number of esters is 1. The Bertz CT molecular complexity index is 786. The van der Waals surface area contributed by atoms with Crippen LogP contribution in [-0.2, 0) is 26.5 Å². The predicted octanol–water partition coefficient (Wildman–Crippen LogP) is 4.47. The van der Waals surface area contributed by atoms with Gasteiger partial charge in [-0.15, -0.1) is 0 Å². The summed E-state index contributed by atoms with van der Waals surface area (Å²) < 4.78 is 26.7. The zero-order valence-corrected chi connectivity index (χ0v) is 15.0. The van der Waals surface area contributed by atoms with Crippen molar-refractivity contribution in [2.45, 2.75) is 45.8 Å². The Morgan fingerprint density at radius 1 is 1.57 bits per heavy atom.